The van der Waals surface area contributed by atoms with E-state index < -0.39 is 6.16 Å². The highest BCUT2D eigenvalue weighted by Gasteiger charge is 2.54. The van der Waals surface area contributed by atoms with Crippen LogP contribution in [-0.4, -0.2) is 52.8 Å². The Labute approximate surface area is 202 Å². The molecule has 2 aliphatic rings. The number of amides is 1. The summed E-state index contributed by atoms with van der Waals surface area (Å²) >= 11 is 6.47. The maximum absolute atomic E-state index is 14.2. The molecule has 1 aromatic heterocycles. The number of fused-ring (bicyclic) bond motifs is 1. The van der Waals surface area contributed by atoms with E-state index in [9.17, 15) is 9.59 Å². The number of quaternary nitrogens is 1. The standard InChI is InChI=1S/C26H24ClN3O4/c1-30(25(31)21-4-2-3-5-23(21)27,19-15-29(16-19)18-10-12-28-13-11-18)24-9-7-17-6-8-20(14-22(17)24)34-26(32)33/h2-6,8,10-14,19,24H,7,9,15-16H2,1H3/p+1/t24-,30?/m1/s1. The topological polar surface area (TPSA) is 79.7 Å². The van der Waals surface area contributed by atoms with Crippen molar-refractivity contribution in [3.05, 3.63) is 88.7 Å². The Hall–Kier alpha value is -3.42. The second-order valence-corrected chi connectivity index (χ2v) is 9.39. The highest BCUT2D eigenvalue weighted by Crippen LogP contribution is 2.46. The SMILES string of the molecule is C[N+](C(=O)c1ccccc1Cl)(C1CN(c2ccncc2)C1)[C@@H]1CCc2ccc(OC(=O)O)cc21. The Morgan fingerprint density at radius 3 is 2.56 bits per heavy atom. The van der Waals surface area contributed by atoms with Gasteiger partial charge in [-0.2, -0.15) is 0 Å². The number of aromatic nitrogens is 1. The van der Waals surface area contributed by atoms with Crippen LogP contribution in [0.3, 0.4) is 0 Å². The fourth-order valence-electron chi connectivity index (χ4n) is 5.30. The van der Waals surface area contributed by atoms with Gasteiger partial charge in [0, 0.05) is 30.1 Å². The molecule has 2 heterocycles. The molecule has 1 fully saturated rings. The number of halogens is 1. The molecule has 2 atom stereocenters. The van der Waals surface area contributed by atoms with Crippen LogP contribution in [0.15, 0.2) is 67.0 Å². The number of carbonyl (C=O) groups excluding carboxylic acids is 1. The lowest BCUT2D eigenvalue weighted by Gasteiger charge is -2.52. The second kappa shape index (κ2) is 8.74. The molecule has 1 aliphatic heterocycles. The van der Waals surface area contributed by atoms with Crippen LogP contribution in [0, 0.1) is 0 Å². The predicted octanol–water partition coefficient (Wildman–Crippen LogP) is 4.95. The van der Waals surface area contributed by atoms with Gasteiger partial charge in [0.1, 0.15) is 17.8 Å². The zero-order chi connectivity index (χ0) is 23.9. The molecule has 1 saturated heterocycles. The number of carbonyl (C=O) groups is 2. The summed E-state index contributed by atoms with van der Waals surface area (Å²) in [5.74, 6) is 0.231. The fraction of sp³-hybridized carbons (Fsp3) is 0.269. The second-order valence-electron chi connectivity index (χ2n) is 8.98. The summed E-state index contributed by atoms with van der Waals surface area (Å²) in [6, 6.07) is 16.4. The molecule has 174 valence electrons. The molecule has 0 saturated carbocycles. The molecule has 0 bridgehead atoms. The van der Waals surface area contributed by atoms with Gasteiger partial charge in [-0.25, -0.2) is 14.1 Å². The maximum Gasteiger partial charge on any atom is 0.511 e. The molecule has 8 heteroatoms. The Kier molecular flexibility index (Phi) is 5.75. The lowest BCUT2D eigenvalue weighted by Crippen LogP contribution is -2.70. The van der Waals surface area contributed by atoms with Crippen molar-refractivity contribution in [3.63, 3.8) is 0 Å². The van der Waals surface area contributed by atoms with Crippen molar-refractivity contribution in [1.29, 1.82) is 0 Å². The Morgan fingerprint density at radius 2 is 1.85 bits per heavy atom. The molecule has 0 spiro atoms. The number of nitrogens with zero attached hydrogens (tertiary/aromatic N) is 3. The summed E-state index contributed by atoms with van der Waals surface area (Å²) in [7, 11) is 1.99. The van der Waals surface area contributed by atoms with Crippen molar-refractivity contribution in [1.82, 2.24) is 4.98 Å². The minimum atomic E-state index is -1.36. The van der Waals surface area contributed by atoms with Crippen LogP contribution in [-0.2, 0) is 6.42 Å². The molecule has 7 nitrogen and oxygen atoms in total. The van der Waals surface area contributed by atoms with Gasteiger partial charge in [-0.05, 0) is 48.4 Å². The first-order chi connectivity index (χ1) is 16.4. The van der Waals surface area contributed by atoms with Crippen LogP contribution < -0.4 is 9.64 Å². The van der Waals surface area contributed by atoms with Crippen molar-refractivity contribution in [2.75, 3.05) is 25.0 Å². The smallest absolute Gasteiger partial charge is 0.449 e. The molecule has 1 N–H and O–H groups in total. The molecule has 0 radical (unpaired) electrons. The van der Waals surface area contributed by atoms with Crippen molar-refractivity contribution in [2.24, 2.45) is 0 Å². The van der Waals surface area contributed by atoms with Gasteiger partial charge in [-0.3, -0.25) is 4.98 Å². The number of carboxylic acid groups (broad SMARTS) is 1. The molecule has 3 aromatic rings. The quantitative estimate of drug-likeness (QED) is 0.317. The van der Waals surface area contributed by atoms with Crippen LogP contribution in [0.2, 0.25) is 5.02 Å². The van der Waals surface area contributed by atoms with Crippen LogP contribution in [0.1, 0.15) is 33.9 Å². The van der Waals surface area contributed by atoms with E-state index in [1.54, 1.807) is 36.7 Å². The number of ether oxygens (including phenoxy) is 1. The lowest BCUT2D eigenvalue weighted by atomic mass is 9.94. The first-order valence-corrected chi connectivity index (χ1v) is 11.6. The number of rotatable bonds is 5. The number of hydrogen-bond acceptors (Lipinski definition) is 5. The number of benzene rings is 2. The zero-order valence-corrected chi connectivity index (χ0v) is 19.5. The Bertz CT molecular complexity index is 1250. The summed E-state index contributed by atoms with van der Waals surface area (Å²) in [5.41, 5.74) is 3.65. The first-order valence-electron chi connectivity index (χ1n) is 11.2. The van der Waals surface area contributed by atoms with Gasteiger partial charge in [0.15, 0.2) is 0 Å². The summed E-state index contributed by atoms with van der Waals surface area (Å²) in [6.07, 6.45) is 3.78. The highest BCUT2D eigenvalue weighted by atomic mass is 35.5. The van der Waals surface area contributed by atoms with Gasteiger partial charge < -0.3 is 14.7 Å². The number of pyridine rings is 1. The van der Waals surface area contributed by atoms with Crippen molar-refractivity contribution in [3.8, 4) is 5.75 Å². The van der Waals surface area contributed by atoms with E-state index in [1.165, 1.54) is 0 Å². The largest absolute Gasteiger partial charge is 0.511 e. The van der Waals surface area contributed by atoms with Crippen molar-refractivity contribution in [2.45, 2.75) is 24.9 Å². The molecule has 5 rings (SSSR count). The minimum absolute atomic E-state index is 0.0348. The molecule has 1 aliphatic carbocycles. The summed E-state index contributed by atoms with van der Waals surface area (Å²) in [4.78, 5) is 31.6. The average Bonchev–Trinajstić information content (AvgIpc) is 3.22. The minimum Gasteiger partial charge on any atom is -0.449 e. The van der Waals surface area contributed by atoms with Crippen molar-refractivity contribution < 1.29 is 23.9 Å². The number of likely N-dealkylation sites (N-methyl/N-ethyl adjacent to an activating group) is 1. The number of anilines is 1. The predicted molar refractivity (Wildman–Crippen MR) is 128 cm³/mol. The van der Waals surface area contributed by atoms with E-state index >= 15 is 0 Å². The molecule has 34 heavy (non-hydrogen) atoms. The lowest BCUT2D eigenvalue weighted by molar-refractivity contribution is -0.887. The summed E-state index contributed by atoms with van der Waals surface area (Å²) < 4.78 is 5.09. The van der Waals surface area contributed by atoms with Gasteiger partial charge >= 0.3 is 12.1 Å². The van der Waals surface area contributed by atoms with Crippen molar-refractivity contribution >= 4 is 29.4 Å². The highest BCUT2D eigenvalue weighted by molar-refractivity contribution is 6.33. The van der Waals surface area contributed by atoms with Gasteiger partial charge in [0.2, 0.25) is 0 Å². The van der Waals surface area contributed by atoms with E-state index in [0.717, 1.165) is 29.7 Å². The van der Waals surface area contributed by atoms with E-state index in [1.807, 2.05) is 37.4 Å². The molecule has 1 unspecified atom stereocenters. The molecule has 2 aromatic carbocycles. The summed E-state index contributed by atoms with van der Waals surface area (Å²) in [6.45, 7) is 1.43. The molecular formula is C26H25ClN3O4+. The van der Waals surface area contributed by atoms with E-state index in [0.29, 0.717) is 23.7 Å². The molecule has 1 amide bonds. The monoisotopic (exact) mass is 478 g/mol. The van der Waals surface area contributed by atoms with E-state index in [4.69, 9.17) is 21.4 Å². The van der Waals surface area contributed by atoms with E-state index in [2.05, 4.69) is 9.88 Å². The third kappa shape index (κ3) is 3.81. The Morgan fingerprint density at radius 1 is 1.12 bits per heavy atom. The normalized spacial score (nSPS) is 19.1. The summed E-state index contributed by atoms with van der Waals surface area (Å²) in [5, 5.41) is 9.51. The average molecular weight is 479 g/mol. The van der Waals surface area contributed by atoms with Gasteiger partial charge in [0.25, 0.3) is 0 Å². The van der Waals surface area contributed by atoms with Crippen LogP contribution in [0.5, 0.6) is 5.75 Å². The molecular weight excluding hydrogens is 454 g/mol. The third-order valence-corrected chi connectivity index (χ3v) is 7.54. The Balaban J connectivity index is 1.53. The number of aryl methyl sites for hydroxylation is 1. The van der Waals surface area contributed by atoms with Gasteiger partial charge in [-0.1, -0.05) is 29.8 Å². The van der Waals surface area contributed by atoms with E-state index in [-0.39, 0.29) is 28.2 Å². The maximum atomic E-state index is 14.2. The van der Waals surface area contributed by atoms with Crippen LogP contribution in [0.25, 0.3) is 0 Å². The van der Waals surface area contributed by atoms with Gasteiger partial charge in [-0.15, -0.1) is 0 Å². The number of hydrogen-bond donors (Lipinski definition) is 1. The first kappa shape index (κ1) is 22.4. The van der Waals surface area contributed by atoms with Gasteiger partial charge in [0.05, 0.1) is 30.7 Å². The van der Waals surface area contributed by atoms with Crippen LogP contribution in [0.4, 0.5) is 10.5 Å². The fourth-order valence-corrected chi connectivity index (χ4v) is 5.51. The zero-order valence-electron chi connectivity index (χ0n) is 18.7. The third-order valence-electron chi connectivity index (χ3n) is 7.21. The van der Waals surface area contributed by atoms with Crippen LogP contribution >= 0.6 is 11.6 Å².